The molecule has 0 saturated carbocycles. The summed E-state index contributed by atoms with van der Waals surface area (Å²) in [7, 11) is 1.74. The van der Waals surface area contributed by atoms with Crippen molar-refractivity contribution in [2.45, 2.75) is 17.0 Å². The molecular formula is C10H10F2N4S. The average molecular weight is 256 g/mol. The van der Waals surface area contributed by atoms with Gasteiger partial charge in [-0.2, -0.15) is 0 Å². The molecule has 0 amide bonds. The molecule has 0 radical (unpaired) electrons. The number of nitrogen functional groups attached to an aromatic ring is 1. The third-order valence-corrected chi connectivity index (χ3v) is 3.48. The predicted octanol–water partition coefficient (Wildman–Crippen LogP) is 2.14. The van der Waals surface area contributed by atoms with Crippen LogP contribution in [0, 0.1) is 18.6 Å². The third kappa shape index (κ3) is 2.10. The van der Waals surface area contributed by atoms with Gasteiger partial charge in [-0.15, -0.1) is 10.2 Å². The topological polar surface area (TPSA) is 56.7 Å². The lowest BCUT2D eigenvalue weighted by Gasteiger charge is -2.06. The molecule has 0 unspecified atom stereocenters. The Morgan fingerprint density at radius 2 is 2.00 bits per heavy atom. The number of aromatic nitrogens is 3. The zero-order valence-electron chi connectivity index (χ0n) is 9.24. The van der Waals surface area contributed by atoms with Crippen molar-refractivity contribution in [1.29, 1.82) is 0 Å². The van der Waals surface area contributed by atoms with E-state index in [9.17, 15) is 8.78 Å². The third-order valence-electron chi connectivity index (χ3n) is 2.33. The Bertz CT molecular complexity index is 568. The molecule has 1 aromatic heterocycles. The zero-order chi connectivity index (χ0) is 12.6. The summed E-state index contributed by atoms with van der Waals surface area (Å²) in [5.74, 6) is -1.21. The number of anilines is 1. The van der Waals surface area contributed by atoms with Gasteiger partial charge in [0.25, 0.3) is 0 Å². The first kappa shape index (κ1) is 11.8. The molecule has 17 heavy (non-hydrogen) atoms. The maximum Gasteiger partial charge on any atom is 0.195 e. The molecule has 0 atom stereocenters. The highest BCUT2D eigenvalue weighted by atomic mass is 32.2. The summed E-state index contributed by atoms with van der Waals surface area (Å²) >= 11 is 0.952. The zero-order valence-corrected chi connectivity index (χ0v) is 10.1. The molecule has 1 heterocycles. The molecular weight excluding hydrogens is 246 g/mol. The van der Waals surface area contributed by atoms with E-state index in [-0.39, 0.29) is 10.6 Å². The van der Waals surface area contributed by atoms with Gasteiger partial charge >= 0.3 is 0 Å². The smallest absolute Gasteiger partial charge is 0.195 e. The Kier molecular flexibility index (Phi) is 3.01. The van der Waals surface area contributed by atoms with Crippen molar-refractivity contribution in [3.05, 3.63) is 29.6 Å². The first-order valence-corrected chi connectivity index (χ1v) is 5.59. The lowest BCUT2D eigenvalue weighted by atomic mass is 10.3. The second kappa shape index (κ2) is 4.33. The Morgan fingerprint density at radius 1 is 1.29 bits per heavy atom. The van der Waals surface area contributed by atoms with Gasteiger partial charge in [0.05, 0.1) is 4.90 Å². The van der Waals surface area contributed by atoms with Gasteiger partial charge in [0.2, 0.25) is 0 Å². The van der Waals surface area contributed by atoms with Gasteiger partial charge in [0.1, 0.15) is 5.82 Å². The van der Waals surface area contributed by atoms with E-state index in [1.807, 2.05) is 0 Å². The molecule has 7 heteroatoms. The van der Waals surface area contributed by atoms with Crippen LogP contribution in [0.5, 0.6) is 0 Å². The van der Waals surface area contributed by atoms with Crippen LogP contribution in [0.15, 0.2) is 22.2 Å². The molecule has 90 valence electrons. The van der Waals surface area contributed by atoms with Crippen LogP contribution >= 0.6 is 11.8 Å². The number of hydrogen-bond donors (Lipinski definition) is 1. The number of aryl methyl sites for hydroxylation is 1. The van der Waals surface area contributed by atoms with Gasteiger partial charge in [-0.3, -0.25) is 0 Å². The number of benzene rings is 1. The normalized spacial score (nSPS) is 10.8. The number of nitrogens with zero attached hydrogens (tertiary/aromatic N) is 3. The number of hydrogen-bond acceptors (Lipinski definition) is 4. The molecule has 1 aromatic carbocycles. The largest absolute Gasteiger partial charge is 0.398 e. The molecule has 4 nitrogen and oxygen atoms in total. The summed E-state index contributed by atoms with van der Waals surface area (Å²) in [5.41, 5.74) is 5.79. The monoisotopic (exact) mass is 256 g/mol. The Balaban J connectivity index is 2.43. The highest BCUT2D eigenvalue weighted by molar-refractivity contribution is 7.99. The molecule has 2 aromatic rings. The molecule has 0 aliphatic rings. The van der Waals surface area contributed by atoms with Crippen LogP contribution in [-0.4, -0.2) is 14.8 Å². The summed E-state index contributed by atoms with van der Waals surface area (Å²) in [5, 5.41) is 8.14. The quantitative estimate of drug-likeness (QED) is 0.836. The van der Waals surface area contributed by atoms with E-state index in [1.165, 1.54) is 6.07 Å². The van der Waals surface area contributed by atoms with Crippen molar-refractivity contribution >= 4 is 17.4 Å². The van der Waals surface area contributed by atoms with Gasteiger partial charge in [0.15, 0.2) is 16.8 Å². The Labute approximate surface area is 101 Å². The second-order valence-electron chi connectivity index (χ2n) is 3.47. The maximum atomic E-state index is 13.6. The number of halogens is 2. The number of nitrogens with two attached hydrogens (primary N) is 1. The molecule has 0 bridgehead atoms. The summed E-state index contributed by atoms with van der Waals surface area (Å²) in [6.07, 6.45) is 0. The Hall–Kier alpha value is -1.63. The van der Waals surface area contributed by atoms with Crippen molar-refractivity contribution in [3.8, 4) is 0 Å². The van der Waals surface area contributed by atoms with E-state index in [0.29, 0.717) is 11.0 Å². The fourth-order valence-electron chi connectivity index (χ4n) is 1.22. The van der Waals surface area contributed by atoms with Gasteiger partial charge < -0.3 is 10.3 Å². The summed E-state index contributed by atoms with van der Waals surface area (Å²) in [6, 6.07) is 2.32. The molecule has 2 N–H and O–H groups in total. The van der Waals surface area contributed by atoms with Crippen molar-refractivity contribution in [2.75, 3.05) is 5.73 Å². The first-order chi connectivity index (χ1) is 8.00. The van der Waals surface area contributed by atoms with Crippen LogP contribution in [0.3, 0.4) is 0 Å². The summed E-state index contributed by atoms with van der Waals surface area (Å²) < 4.78 is 28.3. The predicted molar refractivity (Wildman–Crippen MR) is 60.6 cm³/mol. The van der Waals surface area contributed by atoms with Crippen molar-refractivity contribution < 1.29 is 8.78 Å². The second-order valence-corrected chi connectivity index (χ2v) is 4.45. The standard InChI is InChI=1S/C10H10F2N4S/c1-5-14-15-10(16(5)2)17-9-7(13)4-3-6(11)8(9)12/h3-4H,13H2,1-2H3. The fraction of sp³-hybridized carbons (Fsp3) is 0.200. The Morgan fingerprint density at radius 3 is 2.59 bits per heavy atom. The lowest BCUT2D eigenvalue weighted by molar-refractivity contribution is 0.492. The molecule has 0 aliphatic carbocycles. The minimum absolute atomic E-state index is 0.0282. The molecule has 0 spiro atoms. The van der Waals surface area contributed by atoms with Crippen LogP contribution < -0.4 is 5.73 Å². The fourth-order valence-corrected chi connectivity index (χ4v) is 2.12. The molecule has 2 rings (SSSR count). The SMILES string of the molecule is Cc1nnc(Sc2c(N)ccc(F)c2F)n1C. The van der Waals surface area contributed by atoms with E-state index in [2.05, 4.69) is 10.2 Å². The van der Waals surface area contributed by atoms with E-state index in [1.54, 1.807) is 18.5 Å². The highest BCUT2D eigenvalue weighted by Crippen LogP contribution is 2.34. The van der Waals surface area contributed by atoms with E-state index >= 15 is 0 Å². The maximum absolute atomic E-state index is 13.6. The molecule has 0 fully saturated rings. The van der Waals surface area contributed by atoms with Gasteiger partial charge in [-0.25, -0.2) is 8.78 Å². The summed E-state index contributed by atoms with van der Waals surface area (Å²) in [6.45, 7) is 1.77. The van der Waals surface area contributed by atoms with Crippen molar-refractivity contribution in [3.63, 3.8) is 0 Å². The van der Waals surface area contributed by atoms with Crippen LogP contribution in [0.1, 0.15) is 5.82 Å². The highest BCUT2D eigenvalue weighted by Gasteiger charge is 2.16. The first-order valence-electron chi connectivity index (χ1n) is 4.78. The van der Waals surface area contributed by atoms with Crippen molar-refractivity contribution in [1.82, 2.24) is 14.8 Å². The molecule has 0 aliphatic heterocycles. The van der Waals surface area contributed by atoms with E-state index in [0.717, 1.165) is 17.8 Å². The van der Waals surface area contributed by atoms with Crippen LogP contribution in [0.25, 0.3) is 0 Å². The molecule has 0 saturated heterocycles. The van der Waals surface area contributed by atoms with E-state index in [4.69, 9.17) is 5.73 Å². The van der Waals surface area contributed by atoms with Gasteiger partial charge in [0, 0.05) is 12.7 Å². The lowest BCUT2D eigenvalue weighted by Crippen LogP contribution is -1.98. The van der Waals surface area contributed by atoms with Gasteiger partial charge in [-0.05, 0) is 30.8 Å². The minimum atomic E-state index is -0.962. The van der Waals surface area contributed by atoms with Crippen LogP contribution in [0.4, 0.5) is 14.5 Å². The summed E-state index contributed by atoms with van der Waals surface area (Å²) in [4.78, 5) is 0.0282. The van der Waals surface area contributed by atoms with Crippen LogP contribution in [-0.2, 0) is 7.05 Å². The van der Waals surface area contributed by atoms with Crippen molar-refractivity contribution in [2.24, 2.45) is 7.05 Å². The number of rotatable bonds is 2. The van der Waals surface area contributed by atoms with E-state index < -0.39 is 11.6 Å². The minimum Gasteiger partial charge on any atom is -0.398 e. The van der Waals surface area contributed by atoms with Gasteiger partial charge in [-0.1, -0.05) is 0 Å². The average Bonchev–Trinajstić information content (AvgIpc) is 2.61. The van der Waals surface area contributed by atoms with Crippen LogP contribution in [0.2, 0.25) is 0 Å².